The summed E-state index contributed by atoms with van der Waals surface area (Å²) >= 11 is 0. The Bertz CT molecular complexity index is 62.7. The summed E-state index contributed by atoms with van der Waals surface area (Å²) in [4.78, 5) is 0. The SMILES string of the molecule is CCOCOCCOCCN. The summed E-state index contributed by atoms with van der Waals surface area (Å²) in [6, 6.07) is 0. The van der Waals surface area contributed by atoms with Crippen LogP contribution >= 0.6 is 0 Å². The summed E-state index contributed by atoms with van der Waals surface area (Å²) < 4.78 is 15.0. The smallest absolute Gasteiger partial charge is 0.146 e. The van der Waals surface area contributed by atoms with Crippen molar-refractivity contribution in [1.29, 1.82) is 0 Å². The molecule has 4 heteroatoms. The van der Waals surface area contributed by atoms with Gasteiger partial charge >= 0.3 is 0 Å². The first-order valence-corrected chi connectivity index (χ1v) is 3.85. The number of rotatable bonds is 8. The van der Waals surface area contributed by atoms with Gasteiger partial charge in [0.25, 0.3) is 0 Å². The van der Waals surface area contributed by atoms with Crippen molar-refractivity contribution in [3.05, 3.63) is 0 Å². The molecule has 11 heavy (non-hydrogen) atoms. The Morgan fingerprint density at radius 1 is 1.00 bits per heavy atom. The number of hydrogen-bond acceptors (Lipinski definition) is 4. The van der Waals surface area contributed by atoms with Gasteiger partial charge in [-0.05, 0) is 6.92 Å². The van der Waals surface area contributed by atoms with Gasteiger partial charge in [-0.1, -0.05) is 0 Å². The van der Waals surface area contributed by atoms with Crippen LogP contribution in [0.3, 0.4) is 0 Å². The van der Waals surface area contributed by atoms with Crippen LogP contribution in [0, 0.1) is 0 Å². The van der Waals surface area contributed by atoms with Crippen molar-refractivity contribution in [2.45, 2.75) is 6.92 Å². The average molecular weight is 163 g/mol. The van der Waals surface area contributed by atoms with E-state index in [1.807, 2.05) is 6.92 Å². The summed E-state index contributed by atoms with van der Waals surface area (Å²) in [6.45, 7) is 5.27. The van der Waals surface area contributed by atoms with Gasteiger partial charge in [0.1, 0.15) is 6.79 Å². The van der Waals surface area contributed by atoms with Crippen LogP contribution in [0.4, 0.5) is 0 Å². The summed E-state index contributed by atoms with van der Waals surface area (Å²) in [6.07, 6.45) is 0. The lowest BCUT2D eigenvalue weighted by molar-refractivity contribution is -0.0651. The Labute approximate surface area is 67.6 Å². The number of nitrogens with two attached hydrogens (primary N) is 1. The highest BCUT2D eigenvalue weighted by Crippen LogP contribution is 1.79. The van der Waals surface area contributed by atoms with Gasteiger partial charge in [0.2, 0.25) is 0 Å². The fourth-order valence-electron chi connectivity index (χ4n) is 0.504. The maximum atomic E-state index is 5.20. The number of ether oxygens (including phenoxy) is 3. The van der Waals surface area contributed by atoms with Crippen molar-refractivity contribution in [3.8, 4) is 0 Å². The van der Waals surface area contributed by atoms with E-state index in [4.69, 9.17) is 19.9 Å². The van der Waals surface area contributed by atoms with Gasteiger partial charge in [0, 0.05) is 13.2 Å². The largest absolute Gasteiger partial charge is 0.378 e. The fraction of sp³-hybridized carbons (Fsp3) is 1.00. The molecule has 0 amide bonds. The molecule has 0 heterocycles. The molecule has 0 aliphatic rings. The van der Waals surface area contributed by atoms with Gasteiger partial charge in [-0.25, -0.2) is 0 Å². The molecule has 0 aromatic rings. The topological polar surface area (TPSA) is 53.7 Å². The van der Waals surface area contributed by atoms with Crippen molar-refractivity contribution >= 4 is 0 Å². The second-order valence-electron chi connectivity index (χ2n) is 1.92. The molecule has 0 spiro atoms. The molecule has 0 fully saturated rings. The van der Waals surface area contributed by atoms with E-state index in [2.05, 4.69) is 0 Å². The monoisotopic (exact) mass is 163 g/mol. The van der Waals surface area contributed by atoms with Crippen LogP contribution in [-0.2, 0) is 14.2 Å². The van der Waals surface area contributed by atoms with Crippen molar-refractivity contribution in [2.75, 3.05) is 39.8 Å². The Morgan fingerprint density at radius 3 is 2.36 bits per heavy atom. The van der Waals surface area contributed by atoms with E-state index in [-0.39, 0.29) is 0 Å². The number of hydrogen-bond donors (Lipinski definition) is 1. The molecule has 0 saturated heterocycles. The third-order valence-electron chi connectivity index (χ3n) is 1.00. The van der Waals surface area contributed by atoms with Gasteiger partial charge in [0.05, 0.1) is 19.8 Å². The van der Waals surface area contributed by atoms with Crippen molar-refractivity contribution < 1.29 is 14.2 Å². The van der Waals surface area contributed by atoms with E-state index >= 15 is 0 Å². The lowest BCUT2D eigenvalue weighted by Gasteiger charge is -2.03. The molecule has 0 radical (unpaired) electrons. The summed E-state index contributed by atoms with van der Waals surface area (Å²) in [5, 5.41) is 0. The molecule has 0 aliphatic carbocycles. The zero-order valence-electron chi connectivity index (χ0n) is 7.04. The van der Waals surface area contributed by atoms with E-state index in [9.17, 15) is 0 Å². The average Bonchev–Trinajstić information content (AvgIpc) is 2.03. The molecule has 0 aromatic carbocycles. The standard InChI is InChI=1S/C7H17NO3/c1-2-9-7-11-6-5-10-4-3-8/h2-8H2,1H3. The fourth-order valence-corrected chi connectivity index (χ4v) is 0.504. The van der Waals surface area contributed by atoms with Crippen LogP contribution in [0.2, 0.25) is 0 Å². The first-order valence-electron chi connectivity index (χ1n) is 3.85. The maximum absolute atomic E-state index is 5.20. The highest BCUT2D eigenvalue weighted by atomic mass is 16.7. The van der Waals surface area contributed by atoms with Gasteiger partial charge in [-0.2, -0.15) is 0 Å². The highest BCUT2D eigenvalue weighted by molar-refractivity contribution is 4.30. The van der Waals surface area contributed by atoms with Crippen LogP contribution in [0.5, 0.6) is 0 Å². The van der Waals surface area contributed by atoms with Crippen LogP contribution in [-0.4, -0.2) is 39.8 Å². The van der Waals surface area contributed by atoms with E-state index in [0.717, 1.165) is 0 Å². The zero-order chi connectivity index (χ0) is 8.36. The lowest BCUT2D eigenvalue weighted by atomic mass is 10.7. The molecule has 0 bridgehead atoms. The Balaban J connectivity index is 2.69. The minimum absolute atomic E-state index is 0.350. The molecule has 4 nitrogen and oxygen atoms in total. The molecular weight excluding hydrogens is 146 g/mol. The van der Waals surface area contributed by atoms with Crippen LogP contribution < -0.4 is 5.73 Å². The molecule has 68 valence electrons. The molecule has 0 rings (SSSR count). The van der Waals surface area contributed by atoms with Crippen LogP contribution in [0.15, 0.2) is 0 Å². The van der Waals surface area contributed by atoms with Gasteiger partial charge in [-0.3, -0.25) is 0 Å². The highest BCUT2D eigenvalue weighted by Gasteiger charge is 1.87. The quantitative estimate of drug-likeness (QED) is 0.403. The molecule has 2 N–H and O–H groups in total. The summed E-state index contributed by atoms with van der Waals surface area (Å²) in [7, 11) is 0. The predicted molar refractivity (Wildman–Crippen MR) is 42.3 cm³/mol. The second-order valence-corrected chi connectivity index (χ2v) is 1.92. The van der Waals surface area contributed by atoms with Crippen molar-refractivity contribution in [1.82, 2.24) is 0 Å². The normalized spacial score (nSPS) is 10.4. The molecule has 0 saturated carbocycles. The van der Waals surface area contributed by atoms with E-state index < -0.39 is 0 Å². The van der Waals surface area contributed by atoms with Crippen LogP contribution in [0.25, 0.3) is 0 Å². The van der Waals surface area contributed by atoms with Gasteiger partial charge < -0.3 is 19.9 Å². The Morgan fingerprint density at radius 2 is 1.73 bits per heavy atom. The van der Waals surface area contributed by atoms with Gasteiger partial charge in [-0.15, -0.1) is 0 Å². The third kappa shape index (κ3) is 9.84. The van der Waals surface area contributed by atoms with Gasteiger partial charge in [0.15, 0.2) is 0 Å². The Kier molecular flexibility index (Phi) is 9.70. The first-order chi connectivity index (χ1) is 5.41. The lowest BCUT2D eigenvalue weighted by Crippen LogP contribution is -2.12. The second kappa shape index (κ2) is 9.84. The molecular formula is C7H17NO3. The minimum Gasteiger partial charge on any atom is -0.378 e. The zero-order valence-corrected chi connectivity index (χ0v) is 7.04. The third-order valence-corrected chi connectivity index (χ3v) is 1.00. The predicted octanol–water partition coefficient (Wildman–Crippen LogP) is -0.0277. The minimum atomic E-state index is 0.350. The summed E-state index contributed by atoms with van der Waals surface area (Å²) in [5.74, 6) is 0. The molecule has 0 aliphatic heterocycles. The van der Waals surface area contributed by atoms with Crippen molar-refractivity contribution in [2.24, 2.45) is 5.73 Å². The van der Waals surface area contributed by atoms with E-state index in [1.54, 1.807) is 0 Å². The summed E-state index contributed by atoms with van der Waals surface area (Å²) in [5.41, 5.74) is 5.20. The van der Waals surface area contributed by atoms with E-state index in [0.29, 0.717) is 39.8 Å². The van der Waals surface area contributed by atoms with E-state index in [1.165, 1.54) is 0 Å². The maximum Gasteiger partial charge on any atom is 0.146 e. The first kappa shape index (κ1) is 10.8. The van der Waals surface area contributed by atoms with Crippen LogP contribution in [0.1, 0.15) is 6.92 Å². The molecule has 0 unspecified atom stereocenters. The molecule has 0 aromatic heterocycles. The Hall–Kier alpha value is -0.160. The van der Waals surface area contributed by atoms with Crippen molar-refractivity contribution in [3.63, 3.8) is 0 Å². The molecule has 0 atom stereocenters.